The first-order valence-electron chi connectivity index (χ1n) is 26.6. The van der Waals surface area contributed by atoms with Crippen molar-refractivity contribution in [2.45, 2.75) is 73.1 Å². The first-order chi connectivity index (χ1) is 36.8. The first-order valence-corrected chi connectivity index (χ1v) is 26.6. The highest BCUT2D eigenvalue weighted by molar-refractivity contribution is 6.29. The molecule has 0 bridgehead atoms. The van der Waals surface area contributed by atoms with Gasteiger partial charge in [-0.05, 0) is 147 Å². The summed E-state index contributed by atoms with van der Waals surface area (Å²) < 4.78 is 28.2. The minimum absolute atomic E-state index is 0.789. The quantitative estimate of drug-likeness (QED) is 0.141. The monoisotopic (exact) mass is 974 g/mol. The Hall–Kier alpha value is -8.74. The van der Waals surface area contributed by atoms with Gasteiger partial charge in [-0.15, -0.1) is 0 Å². The molecule has 0 saturated heterocycles. The van der Waals surface area contributed by atoms with Crippen molar-refractivity contribution in [3.05, 3.63) is 203 Å². The molecule has 75 heavy (non-hydrogen) atoms. The van der Waals surface area contributed by atoms with E-state index in [0.717, 1.165) is 172 Å². The van der Waals surface area contributed by atoms with Crippen molar-refractivity contribution in [1.82, 2.24) is 0 Å². The molecule has 8 aromatic carbocycles. The molecule has 0 radical (unpaired) electrons. The van der Waals surface area contributed by atoms with Crippen LogP contribution in [0.5, 0.6) is 0 Å². The van der Waals surface area contributed by atoms with Gasteiger partial charge in [0.2, 0.25) is 0 Å². The van der Waals surface area contributed by atoms with Crippen molar-refractivity contribution >= 4 is 133 Å². The van der Waals surface area contributed by atoms with E-state index < -0.39 is 0 Å². The number of para-hydroxylation sites is 4. The Morgan fingerprint density at radius 3 is 1.65 bits per heavy atom. The van der Waals surface area contributed by atoms with Crippen molar-refractivity contribution in [1.29, 1.82) is 0 Å². The molecule has 6 nitrogen and oxygen atoms in total. The number of nitrogens with zero attached hydrogens (tertiary/aromatic N) is 2. The predicted molar refractivity (Wildman–Crippen MR) is 313 cm³/mol. The van der Waals surface area contributed by atoms with Crippen molar-refractivity contribution < 1.29 is 17.7 Å². The first kappa shape index (κ1) is 43.8. The minimum Gasteiger partial charge on any atom is -0.454 e. The minimum atomic E-state index is 0.789. The van der Waals surface area contributed by atoms with Crippen molar-refractivity contribution in [2.24, 2.45) is 0 Å². The summed E-state index contributed by atoms with van der Waals surface area (Å²) in [6, 6.07) is 44.5. The van der Waals surface area contributed by atoms with Gasteiger partial charge in [-0.2, -0.15) is 0 Å². The van der Waals surface area contributed by atoms with Gasteiger partial charge in [0, 0.05) is 54.6 Å². The van der Waals surface area contributed by atoms with Gasteiger partial charge in [0.15, 0.2) is 22.5 Å². The Bertz CT molecular complexity index is 4570. The molecule has 3 aliphatic carbocycles. The number of rotatable bonds is 8. The summed E-state index contributed by atoms with van der Waals surface area (Å²) in [5, 5.41) is 11.3. The molecule has 0 aliphatic heterocycles. The van der Waals surface area contributed by atoms with Gasteiger partial charge in [0.05, 0.1) is 34.1 Å². The van der Waals surface area contributed by atoms with E-state index in [1.165, 1.54) is 44.0 Å². The number of hydrogen-bond donors (Lipinski definition) is 0. The summed E-state index contributed by atoms with van der Waals surface area (Å²) in [6.45, 7) is 14.9. The van der Waals surface area contributed by atoms with Crippen molar-refractivity contribution in [3.63, 3.8) is 0 Å². The van der Waals surface area contributed by atoms with Crippen LogP contribution in [0.15, 0.2) is 170 Å². The van der Waals surface area contributed by atoms with Gasteiger partial charge < -0.3 is 27.5 Å². The molecule has 4 heterocycles. The van der Waals surface area contributed by atoms with E-state index in [0.29, 0.717) is 0 Å². The summed E-state index contributed by atoms with van der Waals surface area (Å²) in [7, 11) is 0. The Morgan fingerprint density at radius 1 is 0.467 bits per heavy atom. The predicted octanol–water partition coefficient (Wildman–Crippen LogP) is 20.2. The fourth-order valence-electron chi connectivity index (χ4n) is 13.1. The second-order valence-corrected chi connectivity index (χ2v) is 20.9. The molecular formula is C69H54N2O4. The Morgan fingerprint density at radius 2 is 0.987 bits per heavy atom. The third kappa shape index (κ3) is 6.20. The highest BCUT2D eigenvalue weighted by Crippen LogP contribution is 2.53. The number of aryl methyl sites for hydroxylation is 2. The van der Waals surface area contributed by atoms with Gasteiger partial charge >= 0.3 is 0 Å². The summed E-state index contributed by atoms with van der Waals surface area (Å²) in [5.41, 5.74) is 18.9. The summed E-state index contributed by atoms with van der Waals surface area (Å²) in [6.07, 6.45) is 16.8. The van der Waals surface area contributed by atoms with Gasteiger partial charge in [-0.3, -0.25) is 0 Å². The van der Waals surface area contributed by atoms with Crippen LogP contribution in [0.2, 0.25) is 0 Å². The summed E-state index contributed by atoms with van der Waals surface area (Å²) in [5.74, 6) is 3.78. The van der Waals surface area contributed by atoms with Gasteiger partial charge in [-0.25, -0.2) is 0 Å². The van der Waals surface area contributed by atoms with E-state index in [1.54, 1.807) is 0 Å². The standard InChI is InChI=1S/C69H54N2O4/c1-7-38(3)62-44(8-2)45-22-12-26-56(66(45)72-62)70(57-27-13-23-49-46-19-9-16-39(4)63(46)73-67(49)57)54-36-32-42-31-35-53-55(37-33-43-30-34-52(54)60(42)61(43)53)71(58-28-14-24-50-47-20-10-17-40(5)64(47)74-68(50)58)59-29-15-25-51-48-21-11-18-41(6)65(48)75-69(51)59/h7-8,10,12-14,16-18,20,22-24,26-37H,2,9,11,15,19,21,25H2,1,3-6H3/b38-7-. The molecule has 0 saturated carbocycles. The molecule has 0 atom stereocenters. The van der Waals surface area contributed by atoms with Crippen LogP contribution < -0.4 is 9.80 Å². The molecule has 0 spiro atoms. The van der Waals surface area contributed by atoms with Crippen LogP contribution in [0.1, 0.15) is 97.8 Å². The maximum atomic E-state index is 7.11. The van der Waals surface area contributed by atoms with Crippen LogP contribution in [0.25, 0.3) is 105 Å². The second-order valence-electron chi connectivity index (χ2n) is 20.9. The summed E-state index contributed by atoms with van der Waals surface area (Å²) in [4.78, 5) is 4.83. The third-order valence-electron chi connectivity index (χ3n) is 16.8. The SMILES string of the molecule is C=Cc1c(/C(C)=C\C)oc2c(N(c3ccc4ccc5c(N(C6=CCCc7c6oc6c7CCC=C6C)c6cccc7c6oc6c(C)cccc67)ccc6ccc3c4c65)c3cccc4c5c(oc34)C(C)=CCC5)cccc12. The van der Waals surface area contributed by atoms with E-state index >= 15 is 0 Å². The molecule has 12 aromatic rings. The zero-order chi connectivity index (χ0) is 50.4. The van der Waals surface area contributed by atoms with E-state index in [9.17, 15) is 0 Å². The summed E-state index contributed by atoms with van der Waals surface area (Å²) >= 11 is 0. The molecule has 6 heteroatoms. The van der Waals surface area contributed by atoms with Crippen LogP contribution in [-0.2, 0) is 19.3 Å². The molecule has 0 amide bonds. The maximum absolute atomic E-state index is 7.11. The maximum Gasteiger partial charge on any atom is 0.159 e. The third-order valence-corrected chi connectivity index (χ3v) is 16.8. The molecule has 3 aliphatic rings. The average Bonchev–Trinajstić information content (AvgIpc) is 4.26. The van der Waals surface area contributed by atoms with Crippen molar-refractivity contribution in [3.8, 4) is 0 Å². The highest BCUT2D eigenvalue weighted by Gasteiger charge is 2.34. The zero-order valence-electron chi connectivity index (χ0n) is 42.9. The lowest BCUT2D eigenvalue weighted by molar-refractivity contribution is 0.527. The average molecular weight is 975 g/mol. The van der Waals surface area contributed by atoms with E-state index in [2.05, 4.69) is 197 Å². The Labute approximate surface area is 434 Å². The fourth-order valence-corrected chi connectivity index (χ4v) is 13.1. The number of benzene rings is 8. The Balaban J connectivity index is 1.01. The van der Waals surface area contributed by atoms with Gasteiger partial charge in [0.1, 0.15) is 22.9 Å². The molecule has 0 fully saturated rings. The van der Waals surface area contributed by atoms with Crippen LogP contribution >= 0.6 is 0 Å². The lowest BCUT2D eigenvalue weighted by Crippen LogP contribution is -2.19. The fraction of sp³-hybridized carbons (Fsp3) is 0.159. The van der Waals surface area contributed by atoms with Gasteiger partial charge in [-0.1, -0.05) is 128 Å². The smallest absolute Gasteiger partial charge is 0.159 e. The Kier molecular flexibility index (Phi) is 9.57. The number of anilines is 5. The largest absolute Gasteiger partial charge is 0.454 e. The molecule has 0 N–H and O–H groups in total. The number of hydrogen-bond acceptors (Lipinski definition) is 6. The van der Waals surface area contributed by atoms with Crippen LogP contribution in [0.4, 0.5) is 28.4 Å². The molecule has 15 rings (SSSR count). The molecule has 4 aromatic heterocycles. The normalized spacial score (nSPS) is 14.8. The zero-order valence-corrected chi connectivity index (χ0v) is 42.9. The van der Waals surface area contributed by atoms with Gasteiger partial charge in [0.25, 0.3) is 0 Å². The van der Waals surface area contributed by atoms with E-state index in [-0.39, 0.29) is 0 Å². The van der Waals surface area contributed by atoms with Crippen molar-refractivity contribution in [2.75, 3.05) is 9.80 Å². The topological polar surface area (TPSA) is 59.0 Å². The highest BCUT2D eigenvalue weighted by atomic mass is 16.4. The van der Waals surface area contributed by atoms with Crippen LogP contribution in [-0.4, -0.2) is 0 Å². The molecule has 364 valence electrons. The van der Waals surface area contributed by atoms with E-state index in [1.807, 2.05) is 6.08 Å². The lowest BCUT2D eigenvalue weighted by Gasteiger charge is -2.31. The second kappa shape index (κ2) is 16.4. The lowest BCUT2D eigenvalue weighted by atomic mass is 9.89. The van der Waals surface area contributed by atoms with E-state index in [4.69, 9.17) is 17.7 Å². The number of allylic oxidation sites excluding steroid dienone is 7. The molecular weight excluding hydrogens is 921 g/mol. The number of fused-ring (bicyclic) bond motifs is 10. The molecule has 0 unspecified atom stereocenters. The number of furan rings is 4. The van der Waals surface area contributed by atoms with Crippen LogP contribution in [0.3, 0.4) is 0 Å². The van der Waals surface area contributed by atoms with Crippen LogP contribution in [0, 0.1) is 6.92 Å².